The van der Waals surface area contributed by atoms with Crippen LogP contribution in [-0.2, 0) is 17.6 Å². The molecule has 2 aromatic carbocycles. The van der Waals surface area contributed by atoms with Crippen molar-refractivity contribution in [3.8, 4) is 17.2 Å². The number of carbonyl (C=O) groups is 1. The van der Waals surface area contributed by atoms with Crippen LogP contribution >= 0.6 is 0 Å². The van der Waals surface area contributed by atoms with Crippen molar-refractivity contribution in [3.63, 3.8) is 0 Å². The van der Waals surface area contributed by atoms with Crippen molar-refractivity contribution in [3.05, 3.63) is 53.6 Å². The number of hydrogen-bond acceptors (Lipinski definition) is 4. The van der Waals surface area contributed by atoms with Crippen LogP contribution in [0.4, 0.5) is 0 Å². The van der Waals surface area contributed by atoms with Crippen LogP contribution in [0, 0.1) is 0 Å². The number of nitrogens with one attached hydrogen (secondary N) is 1. The normalized spacial score (nSPS) is 12.8. The topological polar surface area (TPSA) is 56.8 Å². The van der Waals surface area contributed by atoms with Gasteiger partial charge in [0.1, 0.15) is 23.9 Å². The highest BCUT2D eigenvalue weighted by Gasteiger charge is 2.14. The largest absolute Gasteiger partial charge is 0.497 e. The van der Waals surface area contributed by atoms with Crippen LogP contribution < -0.4 is 19.5 Å². The Kier molecular flexibility index (Phi) is 6.36. The zero-order valence-corrected chi connectivity index (χ0v) is 15.1. The third-order valence-electron chi connectivity index (χ3n) is 4.45. The third-order valence-corrected chi connectivity index (χ3v) is 4.45. The second kappa shape index (κ2) is 9.13. The molecular weight excluding hydrogens is 330 g/mol. The highest BCUT2D eigenvalue weighted by molar-refractivity contribution is 5.77. The number of fused-ring (bicyclic) bond motifs is 1. The van der Waals surface area contributed by atoms with Crippen molar-refractivity contribution in [2.45, 2.75) is 25.7 Å². The highest BCUT2D eigenvalue weighted by atomic mass is 16.5. The molecule has 5 nitrogen and oxygen atoms in total. The minimum absolute atomic E-state index is 0.0234. The molecular formula is C21H25NO4. The molecule has 5 heteroatoms. The van der Waals surface area contributed by atoms with Gasteiger partial charge in [-0.25, -0.2) is 0 Å². The summed E-state index contributed by atoms with van der Waals surface area (Å²) in [4.78, 5) is 12.0. The summed E-state index contributed by atoms with van der Waals surface area (Å²) in [5.74, 6) is 2.15. The van der Waals surface area contributed by atoms with Crippen molar-refractivity contribution < 1.29 is 19.0 Å². The standard InChI is InChI=1S/C21H25NO4/c1-24-17-8-5-9-18(14-17)25-13-12-22-21(23)15-26-20-11-4-7-16-6-2-3-10-19(16)20/h4-5,7-9,11,14H,2-3,6,10,12-13,15H2,1H3,(H,22,23). The lowest BCUT2D eigenvalue weighted by atomic mass is 9.91. The molecule has 1 aliphatic rings. The molecule has 1 amide bonds. The van der Waals surface area contributed by atoms with E-state index in [1.54, 1.807) is 7.11 Å². The van der Waals surface area contributed by atoms with Gasteiger partial charge >= 0.3 is 0 Å². The lowest BCUT2D eigenvalue weighted by Gasteiger charge is -2.19. The molecule has 0 fully saturated rings. The first-order valence-electron chi connectivity index (χ1n) is 9.03. The van der Waals surface area contributed by atoms with E-state index in [9.17, 15) is 4.79 Å². The summed E-state index contributed by atoms with van der Waals surface area (Å²) in [7, 11) is 1.61. The molecule has 0 heterocycles. The van der Waals surface area contributed by atoms with E-state index in [1.165, 1.54) is 24.0 Å². The average Bonchev–Trinajstić information content (AvgIpc) is 2.69. The van der Waals surface area contributed by atoms with E-state index in [4.69, 9.17) is 14.2 Å². The van der Waals surface area contributed by atoms with Crippen LogP contribution in [0.2, 0.25) is 0 Å². The van der Waals surface area contributed by atoms with Crippen molar-refractivity contribution in [2.75, 3.05) is 26.9 Å². The monoisotopic (exact) mass is 355 g/mol. The molecule has 1 N–H and O–H groups in total. The molecule has 3 rings (SSSR count). The predicted octanol–water partition coefficient (Wildman–Crippen LogP) is 3.15. The Morgan fingerprint density at radius 1 is 1.04 bits per heavy atom. The van der Waals surface area contributed by atoms with Gasteiger partial charge in [0.25, 0.3) is 5.91 Å². The molecule has 0 radical (unpaired) electrons. The maximum absolute atomic E-state index is 12.0. The Labute approximate surface area is 154 Å². The number of amides is 1. The SMILES string of the molecule is COc1cccc(OCCNC(=O)COc2cccc3c2CCCC3)c1. The Hall–Kier alpha value is -2.69. The van der Waals surface area contributed by atoms with Crippen LogP contribution in [0.25, 0.3) is 0 Å². The van der Waals surface area contributed by atoms with Gasteiger partial charge in [0.2, 0.25) is 0 Å². The predicted molar refractivity (Wildman–Crippen MR) is 100 cm³/mol. The van der Waals surface area contributed by atoms with E-state index >= 15 is 0 Å². The van der Waals surface area contributed by atoms with Crippen LogP contribution in [-0.4, -0.2) is 32.8 Å². The summed E-state index contributed by atoms with van der Waals surface area (Å²) in [6.07, 6.45) is 4.53. The Morgan fingerprint density at radius 3 is 2.73 bits per heavy atom. The molecule has 138 valence electrons. The number of ether oxygens (including phenoxy) is 3. The van der Waals surface area contributed by atoms with E-state index in [0.29, 0.717) is 18.9 Å². The number of carbonyl (C=O) groups excluding carboxylic acids is 1. The van der Waals surface area contributed by atoms with Gasteiger partial charge in [-0.1, -0.05) is 18.2 Å². The zero-order chi connectivity index (χ0) is 18.2. The molecule has 1 aliphatic carbocycles. The molecule has 0 saturated heterocycles. The van der Waals surface area contributed by atoms with Crippen molar-refractivity contribution in [2.24, 2.45) is 0 Å². The minimum atomic E-state index is -0.146. The maximum atomic E-state index is 12.0. The van der Waals surface area contributed by atoms with E-state index in [0.717, 1.165) is 24.3 Å². The number of rotatable bonds is 8. The number of hydrogen-bond donors (Lipinski definition) is 1. The third kappa shape index (κ3) is 4.91. The molecule has 0 unspecified atom stereocenters. The van der Waals surface area contributed by atoms with Gasteiger partial charge in [0.15, 0.2) is 6.61 Å². The first-order valence-corrected chi connectivity index (χ1v) is 9.03. The molecule has 2 aromatic rings. The van der Waals surface area contributed by atoms with Crippen LogP contribution in [0.3, 0.4) is 0 Å². The minimum Gasteiger partial charge on any atom is -0.497 e. The average molecular weight is 355 g/mol. The van der Waals surface area contributed by atoms with E-state index in [1.807, 2.05) is 36.4 Å². The zero-order valence-electron chi connectivity index (χ0n) is 15.1. The molecule has 0 spiro atoms. The van der Waals surface area contributed by atoms with Crippen molar-refractivity contribution in [1.29, 1.82) is 0 Å². The van der Waals surface area contributed by atoms with Gasteiger partial charge in [0.05, 0.1) is 13.7 Å². The van der Waals surface area contributed by atoms with Gasteiger partial charge in [-0.15, -0.1) is 0 Å². The fourth-order valence-corrected chi connectivity index (χ4v) is 3.13. The first kappa shape index (κ1) is 18.1. The van der Waals surface area contributed by atoms with Crippen molar-refractivity contribution in [1.82, 2.24) is 5.32 Å². The van der Waals surface area contributed by atoms with Crippen LogP contribution in [0.15, 0.2) is 42.5 Å². The number of methoxy groups -OCH3 is 1. The molecule has 0 bridgehead atoms. The molecule has 0 aliphatic heterocycles. The van der Waals surface area contributed by atoms with Gasteiger partial charge in [-0.05, 0) is 55.0 Å². The second-order valence-electron chi connectivity index (χ2n) is 6.27. The van der Waals surface area contributed by atoms with Gasteiger partial charge < -0.3 is 19.5 Å². The van der Waals surface area contributed by atoms with E-state index in [-0.39, 0.29) is 12.5 Å². The number of benzene rings is 2. The summed E-state index contributed by atoms with van der Waals surface area (Å²) in [5, 5.41) is 2.81. The molecule has 26 heavy (non-hydrogen) atoms. The summed E-state index contributed by atoms with van der Waals surface area (Å²) in [6.45, 7) is 0.835. The summed E-state index contributed by atoms with van der Waals surface area (Å²) < 4.78 is 16.5. The summed E-state index contributed by atoms with van der Waals surface area (Å²) >= 11 is 0. The smallest absolute Gasteiger partial charge is 0.258 e. The summed E-state index contributed by atoms with van der Waals surface area (Å²) in [6, 6.07) is 13.5. The van der Waals surface area contributed by atoms with Crippen molar-refractivity contribution >= 4 is 5.91 Å². The van der Waals surface area contributed by atoms with E-state index in [2.05, 4.69) is 11.4 Å². The Balaban J connectivity index is 1.39. The highest BCUT2D eigenvalue weighted by Crippen LogP contribution is 2.29. The summed E-state index contributed by atoms with van der Waals surface area (Å²) in [5.41, 5.74) is 2.61. The maximum Gasteiger partial charge on any atom is 0.258 e. The second-order valence-corrected chi connectivity index (χ2v) is 6.27. The van der Waals surface area contributed by atoms with Gasteiger partial charge in [0, 0.05) is 6.07 Å². The Bertz CT molecular complexity index is 745. The fourth-order valence-electron chi connectivity index (χ4n) is 3.13. The quantitative estimate of drug-likeness (QED) is 0.739. The molecule has 0 saturated carbocycles. The van der Waals surface area contributed by atoms with Gasteiger partial charge in [-0.3, -0.25) is 4.79 Å². The number of aryl methyl sites for hydroxylation is 1. The molecule has 0 atom stereocenters. The van der Waals surface area contributed by atoms with Crippen LogP contribution in [0.5, 0.6) is 17.2 Å². The Morgan fingerprint density at radius 2 is 1.85 bits per heavy atom. The molecule has 0 aromatic heterocycles. The van der Waals surface area contributed by atoms with Gasteiger partial charge in [-0.2, -0.15) is 0 Å². The first-order chi connectivity index (χ1) is 12.8. The lowest BCUT2D eigenvalue weighted by Crippen LogP contribution is -2.32. The fraction of sp³-hybridized carbons (Fsp3) is 0.381. The van der Waals surface area contributed by atoms with Crippen LogP contribution in [0.1, 0.15) is 24.0 Å². The van der Waals surface area contributed by atoms with E-state index < -0.39 is 0 Å². The lowest BCUT2D eigenvalue weighted by molar-refractivity contribution is -0.123.